The molecule has 1 atom stereocenters. The molecule has 8 heteroatoms. The number of hydroxylamine groups is 2. The van der Waals surface area contributed by atoms with Gasteiger partial charge in [-0.3, -0.25) is 24.7 Å². The van der Waals surface area contributed by atoms with Gasteiger partial charge in [0.2, 0.25) is 0 Å². The van der Waals surface area contributed by atoms with Crippen LogP contribution in [-0.4, -0.2) is 35.0 Å². The second kappa shape index (κ2) is 7.51. The van der Waals surface area contributed by atoms with Crippen molar-refractivity contribution in [1.82, 2.24) is 10.0 Å². The minimum atomic E-state index is -0.531. The predicted molar refractivity (Wildman–Crippen MR) is 88.5 cm³/mol. The van der Waals surface area contributed by atoms with E-state index < -0.39 is 10.8 Å². The fourth-order valence-corrected chi connectivity index (χ4v) is 2.14. The predicted octanol–water partition coefficient (Wildman–Crippen LogP) is 2.80. The van der Waals surface area contributed by atoms with Gasteiger partial charge in [0, 0.05) is 24.9 Å². The topological polar surface area (TPSA) is 97.6 Å². The third-order valence-corrected chi connectivity index (χ3v) is 3.50. The summed E-state index contributed by atoms with van der Waals surface area (Å²) in [5, 5.41) is 15.4. The van der Waals surface area contributed by atoms with Crippen molar-refractivity contribution >= 4 is 17.3 Å². The van der Waals surface area contributed by atoms with E-state index in [-0.39, 0.29) is 17.3 Å². The first-order valence-electron chi connectivity index (χ1n) is 7.22. The fourth-order valence-electron chi connectivity index (χ4n) is 2.14. The molecule has 0 aliphatic rings. The molecule has 2 rings (SSSR count). The van der Waals surface area contributed by atoms with Gasteiger partial charge < -0.3 is 5.32 Å². The zero-order valence-electron chi connectivity index (χ0n) is 13.6. The molecule has 0 radical (unpaired) electrons. The van der Waals surface area contributed by atoms with Crippen LogP contribution < -0.4 is 5.32 Å². The van der Waals surface area contributed by atoms with Gasteiger partial charge in [0.15, 0.2) is 0 Å². The second-order valence-electron chi connectivity index (χ2n) is 5.09. The molecule has 126 valence electrons. The van der Waals surface area contributed by atoms with Crippen LogP contribution in [0.4, 0.5) is 11.4 Å². The Morgan fingerprint density at radius 3 is 2.71 bits per heavy atom. The third-order valence-electron chi connectivity index (χ3n) is 3.50. The SMILES string of the molecule is CON(C)C(=O)c1ccc(N[C@H](C)c2ccccn2)c([N+](=O)[O-])c1. The summed E-state index contributed by atoms with van der Waals surface area (Å²) < 4.78 is 0. The standard InChI is InChI=1S/C16H18N4O4/c1-11(13-6-4-5-9-17-13)18-14-8-7-12(10-15(14)20(22)23)16(21)19(2)24-3/h4-11,18H,1-3H3/t11-/m1/s1. The summed E-state index contributed by atoms with van der Waals surface area (Å²) in [5.41, 5.74) is 1.05. The average molecular weight is 330 g/mol. The van der Waals surface area contributed by atoms with Crippen LogP contribution in [0.2, 0.25) is 0 Å². The molecule has 0 saturated carbocycles. The van der Waals surface area contributed by atoms with Gasteiger partial charge in [0.1, 0.15) is 5.69 Å². The molecule has 0 aliphatic heterocycles. The normalized spacial score (nSPS) is 11.6. The zero-order valence-corrected chi connectivity index (χ0v) is 13.6. The maximum atomic E-state index is 12.1. The number of hydrogen-bond donors (Lipinski definition) is 1. The molecular weight excluding hydrogens is 312 g/mol. The lowest BCUT2D eigenvalue weighted by molar-refractivity contribution is -0.384. The number of nitrogens with zero attached hydrogens (tertiary/aromatic N) is 3. The lowest BCUT2D eigenvalue weighted by atomic mass is 10.1. The summed E-state index contributed by atoms with van der Waals surface area (Å²) in [7, 11) is 2.78. The molecule has 0 aliphatic carbocycles. The molecule has 0 spiro atoms. The molecule has 1 heterocycles. The Hall–Kier alpha value is -3.00. The molecule has 1 amide bonds. The molecule has 0 saturated heterocycles. The second-order valence-corrected chi connectivity index (χ2v) is 5.09. The zero-order chi connectivity index (χ0) is 17.7. The number of rotatable bonds is 6. The number of carbonyl (C=O) groups excluding carboxylic acids is 1. The van der Waals surface area contributed by atoms with E-state index in [0.29, 0.717) is 5.69 Å². The molecule has 1 aromatic heterocycles. The quantitative estimate of drug-likeness (QED) is 0.646. The minimum Gasteiger partial charge on any atom is -0.371 e. The molecule has 1 aromatic carbocycles. The number of benzene rings is 1. The van der Waals surface area contributed by atoms with Crippen molar-refractivity contribution < 1.29 is 14.6 Å². The van der Waals surface area contributed by atoms with Crippen LogP contribution >= 0.6 is 0 Å². The van der Waals surface area contributed by atoms with E-state index in [2.05, 4.69) is 10.3 Å². The number of hydrogen-bond acceptors (Lipinski definition) is 6. The Labute approximate surface area is 139 Å². The lowest BCUT2D eigenvalue weighted by Crippen LogP contribution is -2.25. The highest BCUT2D eigenvalue weighted by molar-refractivity contribution is 5.95. The van der Waals surface area contributed by atoms with Gasteiger partial charge in [-0.15, -0.1) is 0 Å². The first-order valence-corrected chi connectivity index (χ1v) is 7.22. The van der Waals surface area contributed by atoms with Gasteiger partial charge in [-0.25, -0.2) is 5.06 Å². The molecular formula is C16H18N4O4. The Kier molecular flexibility index (Phi) is 5.43. The first kappa shape index (κ1) is 17.4. The van der Waals surface area contributed by atoms with Gasteiger partial charge in [-0.2, -0.15) is 0 Å². The van der Waals surface area contributed by atoms with E-state index in [4.69, 9.17) is 4.84 Å². The molecule has 2 aromatic rings. The van der Waals surface area contributed by atoms with Gasteiger partial charge in [0.05, 0.1) is 23.8 Å². The number of carbonyl (C=O) groups is 1. The summed E-state index contributed by atoms with van der Waals surface area (Å²) in [6.45, 7) is 1.85. The summed E-state index contributed by atoms with van der Waals surface area (Å²) in [4.78, 5) is 31.9. The summed E-state index contributed by atoms with van der Waals surface area (Å²) >= 11 is 0. The molecule has 24 heavy (non-hydrogen) atoms. The number of nitro benzene ring substituents is 1. The van der Waals surface area contributed by atoms with Gasteiger partial charge >= 0.3 is 0 Å². The molecule has 0 fully saturated rings. The number of amides is 1. The van der Waals surface area contributed by atoms with Crippen LogP contribution in [-0.2, 0) is 4.84 Å². The lowest BCUT2D eigenvalue weighted by Gasteiger charge is -2.16. The first-order chi connectivity index (χ1) is 11.4. The average Bonchev–Trinajstić information content (AvgIpc) is 2.61. The Morgan fingerprint density at radius 1 is 1.38 bits per heavy atom. The van der Waals surface area contributed by atoms with Crippen molar-refractivity contribution in [3.05, 3.63) is 64.0 Å². The van der Waals surface area contributed by atoms with Gasteiger partial charge in [-0.05, 0) is 31.2 Å². The van der Waals surface area contributed by atoms with Crippen LogP contribution in [0.3, 0.4) is 0 Å². The highest BCUT2D eigenvalue weighted by atomic mass is 16.7. The summed E-state index contributed by atoms with van der Waals surface area (Å²) in [5.74, 6) is -0.468. The van der Waals surface area contributed by atoms with Crippen LogP contribution in [0, 0.1) is 10.1 Å². The van der Waals surface area contributed by atoms with Gasteiger partial charge in [0.25, 0.3) is 11.6 Å². The van der Waals surface area contributed by atoms with Crippen LogP contribution in [0.5, 0.6) is 0 Å². The number of anilines is 1. The van der Waals surface area contributed by atoms with Gasteiger partial charge in [-0.1, -0.05) is 6.07 Å². The van der Waals surface area contributed by atoms with Crippen molar-refractivity contribution in [2.45, 2.75) is 13.0 Å². The summed E-state index contributed by atoms with van der Waals surface area (Å²) in [6, 6.07) is 9.49. The van der Waals surface area contributed by atoms with Crippen LogP contribution in [0.1, 0.15) is 29.0 Å². The third kappa shape index (κ3) is 3.85. The van der Waals surface area contributed by atoms with Crippen LogP contribution in [0.15, 0.2) is 42.6 Å². The number of nitrogens with one attached hydrogen (secondary N) is 1. The maximum absolute atomic E-state index is 12.1. The minimum absolute atomic E-state index is 0.169. The monoisotopic (exact) mass is 330 g/mol. The van der Waals surface area contributed by atoms with Crippen molar-refractivity contribution in [3.63, 3.8) is 0 Å². The van der Waals surface area contributed by atoms with E-state index in [0.717, 1.165) is 10.8 Å². The summed E-state index contributed by atoms with van der Waals surface area (Å²) in [6.07, 6.45) is 1.66. The highest BCUT2D eigenvalue weighted by Gasteiger charge is 2.21. The highest BCUT2D eigenvalue weighted by Crippen LogP contribution is 2.29. The Balaban J connectivity index is 2.30. The Bertz CT molecular complexity index is 736. The van der Waals surface area contributed by atoms with E-state index >= 15 is 0 Å². The largest absolute Gasteiger partial charge is 0.371 e. The molecule has 0 bridgehead atoms. The molecule has 1 N–H and O–H groups in total. The van der Waals surface area contributed by atoms with Crippen molar-refractivity contribution in [2.24, 2.45) is 0 Å². The van der Waals surface area contributed by atoms with Crippen molar-refractivity contribution in [3.8, 4) is 0 Å². The van der Waals surface area contributed by atoms with Crippen molar-refractivity contribution in [2.75, 3.05) is 19.5 Å². The van der Waals surface area contributed by atoms with E-state index in [1.54, 1.807) is 12.3 Å². The number of pyridine rings is 1. The van der Waals surface area contributed by atoms with Crippen LogP contribution in [0.25, 0.3) is 0 Å². The molecule has 0 unspecified atom stereocenters. The van der Waals surface area contributed by atoms with E-state index in [1.807, 2.05) is 19.1 Å². The van der Waals surface area contributed by atoms with Crippen molar-refractivity contribution in [1.29, 1.82) is 0 Å². The van der Waals surface area contributed by atoms with E-state index in [9.17, 15) is 14.9 Å². The smallest absolute Gasteiger partial charge is 0.293 e. The Morgan fingerprint density at radius 2 is 2.12 bits per heavy atom. The number of nitro groups is 1. The fraction of sp³-hybridized carbons (Fsp3) is 0.250. The van der Waals surface area contributed by atoms with E-state index in [1.165, 1.54) is 32.4 Å². The number of aromatic nitrogens is 1. The maximum Gasteiger partial charge on any atom is 0.293 e. The molecule has 8 nitrogen and oxygen atoms in total.